The summed E-state index contributed by atoms with van der Waals surface area (Å²) < 4.78 is 11.2. The summed E-state index contributed by atoms with van der Waals surface area (Å²) >= 11 is 1.61. The zero-order valence-corrected chi connectivity index (χ0v) is 13.6. The van der Waals surface area contributed by atoms with E-state index in [2.05, 4.69) is 11.8 Å². The Morgan fingerprint density at radius 2 is 2.36 bits per heavy atom. The van der Waals surface area contributed by atoms with Gasteiger partial charge in [0.25, 0.3) is 0 Å². The summed E-state index contributed by atoms with van der Waals surface area (Å²) in [6, 6.07) is 3.96. The molecule has 116 valence electrons. The van der Waals surface area contributed by atoms with Crippen LogP contribution in [-0.4, -0.2) is 31.2 Å². The third-order valence-corrected chi connectivity index (χ3v) is 4.20. The maximum atomic E-state index is 12.1. The molecule has 0 aliphatic carbocycles. The van der Waals surface area contributed by atoms with Gasteiger partial charge in [0.2, 0.25) is 0 Å². The van der Waals surface area contributed by atoms with Gasteiger partial charge in [0.05, 0.1) is 17.1 Å². The Morgan fingerprint density at radius 3 is 3.05 bits per heavy atom. The summed E-state index contributed by atoms with van der Waals surface area (Å²) in [5, 5.41) is 2.00. The number of methoxy groups -OCH3 is 1. The van der Waals surface area contributed by atoms with Crippen LogP contribution < -0.4 is 0 Å². The van der Waals surface area contributed by atoms with Crippen molar-refractivity contribution >= 4 is 17.1 Å². The van der Waals surface area contributed by atoms with Gasteiger partial charge < -0.3 is 9.47 Å². The predicted molar refractivity (Wildman–Crippen MR) is 88.9 cm³/mol. The third-order valence-electron chi connectivity index (χ3n) is 3.42. The average molecular weight is 316 g/mol. The Morgan fingerprint density at radius 1 is 1.50 bits per heavy atom. The van der Waals surface area contributed by atoms with Crippen LogP contribution in [0.1, 0.15) is 24.6 Å². The monoisotopic (exact) mass is 316 g/mol. The van der Waals surface area contributed by atoms with Crippen LogP contribution in [0.15, 0.2) is 41.8 Å². The molecule has 1 saturated heterocycles. The molecular formula is C18H20O3S. The Balaban J connectivity index is 1.96. The maximum Gasteiger partial charge on any atom is 0.186 e. The molecule has 0 N–H and O–H groups in total. The molecule has 0 bridgehead atoms. The molecule has 22 heavy (non-hydrogen) atoms. The van der Waals surface area contributed by atoms with Crippen molar-refractivity contribution < 1.29 is 14.3 Å². The van der Waals surface area contributed by atoms with Gasteiger partial charge in [-0.2, -0.15) is 0 Å². The van der Waals surface area contributed by atoms with E-state index in [1.807, 2.05) is 30.5 Å². The molecule has 0 saturated carbocycles. The number of carbonyl (C=O) groups excluding carboxylic acids is 1. The molecule has 0 radical (unpaired) electrons. The van der Waals surface area contributed by atoms with Crippen LogP contribution in [0.25, 0.3) is 0 Å². The van der Waals surface area contributed by atoms with E-state index in [1.54, 1.807) is 36.7 Å². The number of hydrogen-bond donors (Lipinski definition) is 0. The van der Waals surface area contributed by atoms with Crippen LogP contribution in [0.3, 0.4) is 0 Å². The van der Waals surface area contributed by atoms with Gasteiger partial charge in [0, 0.05) is 7.11 Å². The Hall–Kier alpha value is -1.67. The van der Waals surface area contributed by atoms with Crippen molar-refractivity contribution in [3.63, 3.8) is 0 Å². The number of carbonyl (C=O) groups is 1. The minimum Gasteiger partial charge on any atom is -0.378 e. The molecule has 3 nitrogen and oxygen atoms in total. The van der Waals surface area contributed by atoms with E-state index in [1.165, 1.54) is 0 Å². The molecule has 3 atom stereocenters. The summed E-state index contributed by atoms with van der Waals surface area (Å²) in [5.74, 6) is 6.02. The Labute approximate surface area is 135 Å². The number of allylic oxidation sites excluding steroid dienone is 2. The summed E-state index contributed by atoms with van der Waals surface area (Å²) in [6.07, 6.45) is 7.82. The molecule has 1 aliphatic rings. The van der Waals surface area contributed by atoms with Crippen molar-refractivity contribution in [1.82, 2.24) is 0 Å². The summed E-state index contributed by atoms with van der Waals surface area (Å²) in [7, 11) is 1.62. The first-order valence-electron chi connectivity index (χ1n) is 7.31. The highest BCUT2D eigenvalue weighted by Crippen LogP contribution is 2.23. The van der Waals surface area contributed by atoms with Crippen molar-refractivity contribution in [3.05, 3.63) is 46.7 Å². The molecule has 0 aromatic carbocycles. The van der Waals surface area contributed by atoms with Gasteiger partial charge in [-0.1, -0.05) is 24.0 Å². The van der Waals surface area contributed by atoms with Crippen LogP contribution in [0.2, 0.25) is 0 Å². The molecule has 1 aromatic rings. The van der Waals surface area contributed by atoms with E-state index in [0.717, 1.165) is 17.7 Å². The quantitative estimate of drug-likeness (QED) is 0.631. The van der Waals surface area contributed by atoms with Gasteiger partial charge in [-0.15, -0.1) is 11.3 Å². The largest absolute Gasteiger partial charge is 0.378 e. The fraction of sp³-hybridized carbons (Fsp3) is 0.389. The lowest BCUT2D eigenvalue weighted by Gasteiger charge is -2.33. The van der Waals surface area contributed by atoms with E-state index in [4.69, 9.17) is 9.47 Å². The Bertz CT molecular complexity index is 590. The molecular weight excluding hydrogens is 296 g/mol. The van der Waals surface area contributed by atoms with Crippen LogP contribution in [0, 0.1) is 11.8 Å². The van der Waals surface area contributed by atoms with Gasteiger partial charge >= 0.3 is 0 Å². The minimum absolute atomic E-state index is 0.0443. The van der Waals surface area contributed by atoms with Gasteiger partial charge in [0.1, 0.15) is 6.10 Å². The van der Waals surface area contributed by atoms with E-state index >= 15 is 0 Å². The zero-order chi connectivity index (χ0) is 15.8. The first-order chi connectivity index (χ1) is 10.7. The van der Waals surface area contributed by atoms with Gasteiger partial charge in [-0.05, 0) is 49.4 Å². The van der Waals surface area contributed by atoms with Crippen molar-refractivity contribution in [2.24, 2.45) is 0 Å². The van der Waals surface area contributed by atoms with E-state index in [9.17, 15) is 4.79 Å². The molecule has 1 aromatic heterocycles. The number of thiophene rings is 1. The fourth-order valence-electron chi connectivity index (χ4n) is 2.33. The van der Waals surface area contributed by atoms with Gasteiger partial charge in [0.15, 0.2) is 5.78 Å². The number of rotatable bonds is 4. The molecule has 4 heteroatoms. The first-order valence-corrected chi connectivity index (χ1v) is 8.19. The number of hydrogen-bond acceptors (Lipinski definition) is 4. The van der Waals surface area contributed by atoms with Crippen LogP contribution >= 0.6 is 11.3 Å². The second-order valence-electron chi connectivity index (χ2n) is 4.95. The van der Waals surface area contributed by atoms with Crippen molar-refractivity contribution in [3.8, 4) is 11.8 Å². The smallest absolute Gasteiger partial charge is 0.186 e. The third kappa shape index (κ3) is 4.67. The molecule has 1 fully saturated rings. The van der Waals surface area contributed by atoms with E-state index in [0.29, 0.717) is 0 Å². The molecule has 0 spiro atoms. The standard InChI is InChI=1S/C18H20O3S/c1-3-7-16(19)18-17(20-2)12-11-14(21-18)8-4-5-9-15-10-6-13-22-15/h3-4,6-8,10,13-14,17-18H,11-12H2,1-2H3. The second-order valence-corrected chi connectivity index (χ2v) is 5.90. The molecule has 2 heterocycles. The molecule has 0 amide bonds. The molecule has 3 unspecified atom stereocenters. The van der Waals surface area contributed by atoms with E-state index < -0.39 is 6.10 Å². The fourth-order valence-corrected chi connectivity index (χ4v) is 2.91. The number of ketones is 1. The second kappa shape index (κ2) is 8.70. The lowest BCUT2D eigenvalue weighted by molar-refractivity contribution is -0.149. The molecule has 1 aliphatic heterocycles. The highest BCUT2D eigenvalue weighted by atomic mass is 32.1. The van der Waals surface area contributed by atoms with Crippen molar-refractivity contribution in [2.45, 2.75) is 38.1 Å². The maximum absolute atomic E-state index is 12.1. The SMILES string of the molecule is CC=CC(=O)C1OC(C=CC#Cc2cccs2)CCC1OC. The van der Waals surface area contributed by atoms with Gasteiger partial charge in [-0.25, -0.2) is 0 Å². The van der Waals surface area contributed by atoms with Crippen molar-refractivity contribution in [2.75, 3.05) is 7.11 Å². The zero-order valence-electron chi connectivity index (χ0n) is 12.8. The van der Waals surface area contributed by atoms with Gasteiger partial charge in [-0.3, -0.25) is 4.79 Å². The lowest BCUT2D eigenvalue weighted by Crippen LogP contribution is -2.43. The normalized spacial score (nSPS) is 25.3. The van der Waals surface area contributed by atoms with Crippen LogP contribution in [0.4, 0.5) is 0 Å². The van der Waals surface area contributed by atoms with Crippen LogP contribution in [-0.2, 0) is 14.3 Å². The molecule has 2 rings (SSSR count). The summed E-state index contributed by atoms with van der Waals surface area (Å²) in [5.41, 5.74) is 0. The minimum atomic E-state index is -0.533. The van der Waals surface area contributed by atoms with Crippen LogP contribution in [0.5, 0.6) is 0 Å². The summed E-state index contributed by atoms with van der Waals surface area (Å²) in [6.45, 7) is 1.82. The average Bonchev–Trinajstić information content (AvgIpc) is 3.05. The number of ether oxygens (including phenoxy) is 2. The highest BCUT2D eigenvalue weighted by molar-refractivity contribution is 7.10. The summed E-state index contributed by atoms with van der Waals surface area (Å²) in [4.78, 5) is 13.1. The Kier molecular flexibility index (Phi) is 6.60. The van der Waals surface area contributed by atoms with E-state index in [-0.39, 0.29) is 18.0 Å². The predicted octanol–water partition coefficient (Wildman–Crippen LogP) is 3.36. The lowest BCUT2D eigenvalue weighted by atomic mass is 9.97. The first kappa shape index (κ1) is 16.7. The van der Waals surface area contributed by atoms with Crippen molar-refractivity contribution in [1.29, 1.82) is 0 Å². The highest BCUT2D eigenvalue weighted by Gasteiger charge is 2.34. The topological polar surface area (TPSA) is 35.5 Å².